The Morgan fingerprint density at radius 1 is 1.26 bits per heavy atom. The number of aromatic nitrogens is 1. The molecule has 2 N–H and O–H groups in total. The molecule has 0 aliphatic carbocycles. The smallest absolute Gasteiger partial charge is 0.303 e. The Balaban J connectivity index is 2.17. The number of nitrogens with zero attached hydrogens (tertiary/aromatic N) is 1. The van der Waals surface area contributed by atoms with Gasteiger partial charge in [-0.05, 0) is 38.3 Å². The van der Waals surface area contributed by atoms with Crippen molar-refractivity contribution in [3.8, 4) is 0 Å². The first-order valence-corrected chi connectivity index (χ1v) is 8.88. The first kappa shape index (κ1) is 17.5. The number of nitrogens with one attached hydrogen (secondary N) is 1. The molecule has 0 saturated heterocycles. The van der Waals surface area contributed by atoms with Gasteiger partial charge in [0, 0.05) is 22.9 Å². The van der Waals surface area contributed by atoms with Gasteiger partial charge in [0.15, 0.2) is 5.13 Å². The molecule has 23 heavy (non-hydrogen) atoms. The average Bonchev–Trinajstić information content (AvgIpc) is 3.00. The minimum atomic E-state index is -0.746. The summed E-state index contributed by atoms with van der Waals surface area (Å²) in [7, 11) is 0. The van der Waals surface area contributed by atoms with Crippen LogP contribution in [0.15, 0.2) is 29.6 Å². The lowest BCUT2D eigenvalue weighted by atomic mass is 9.76. The standard InChI is InChI=1S/C18H24N2O2S/c1-4-18(5-2,11-10-16(21)22)15-12-23-17(20-15)19-14-8-6-13(3)7-9-14/h6-9,12H,4-5,10-11H2,1-3H3,(H,19,20)(H,21,22). The van der Waals surface area contributed by atoms with Crippen molar-refractivity contribution >= 4 is 28.1 Å². The molecule has 0 saturated carbocycles. The van der Waals surface area contributed by atoms with Crippen LogP contribution in [-0.4, -0.2) is 16.1 Å². The zero-order chi connectivity index (χ0) is 16.9. The molecule has 0 spiro atoms. The van der Waals surface area contributed by atoms with E-state index in [2.05, 4.69) is 43.6 Å². The fourth-order valence-corrected chi connectivity index (χ4v) is 3.63. The summed E-state index contributed by atoms with van der Waals surface area (Å²) in [5.74, 6) is -0.746. The largest absolute Gasteiger partial charge is 0.481 e. The van der Waals surface area contributed by atoms with E-state index in [9.17, 15) is 4.79 Å². The van der Waals surface area contributed by atoms with Gasteiger partial charge in [0.25, 0.3) is 0 Å². The number of carboxylic acid groups (broad SMARTS) is 1. The van der Waals surface area contributed by atoms with Crippen molar-refractivity contribution in [3.05, 3.63) is 40.9 Å². The minimum Gasteiger partial charge on any atom is -0.481 e. The van der Waals surface area contributed by atoms with E-state index >= 15 is 0 Å². The van der Waals surface area contributed by atoms with Gasteiger partial charge >= 0.3 is 5.97 Å². The van der Waals surface area contributed by atoms with E-state index in [0.717, 1.165) is 29.4 Å². The molecular weight excluding hydrogens is 308 g/mol. The summed E-state index contributed by atoms with van der Waals surface area (Å²) in [6.07, 6.45) is 2.60. The van der Waals surface area contributed by atoms with Crippen molar-refractivity contribution in [1.82, 2.24) is 4.98 Å². The molecule has 5 heteroatoms. The zero-order valence-electron chi connectivity index (χ0n) is 13.9. The fourth-order valence-electron chi connectivity index (χ4n) is 2.78. The second-order valence-corrected chi connectivity index (χ2v) is 6.77. The van der Waals surface area contributed by atoms with E-state index in [0.29, 0.717) is 6.42 Å². The molecule has 0 radical (unpaired) electrons. The quantitative estimate of drug-likeness (QED) is 0.704. The van der Waals surface area contributed by atoms with Gasteiger partial charge in [-0.15, -0.1) is 11.3 Å². The van der Waals surface area contributed by atoms with Crippen LogP contribution in [0.25, 0.3) is 0 Å². The van der Waals surface area contributed by atoms with Crippen molar-refractivity contribution in [3.63, 3.8) is 0 Å². The van der Waals surface area contributed by atoms with Crippen molar-refractivity contribution in [2.75, 3.05) is 5.32 Å². The Hall–Kier alpha value is -1.88. The molecule has 0 atom stereocenters. The van der Waals surface area contributed by atoms with Crippen LogP contribution in [0.3, 0.4) is 0 Å². The molecule has 2 aromatic rings. The fraction of sp³-hybridized carbons (Fsp3) is 0.444. The highest BCUT2D eigenvalue weighted by atomic mass is 32.1. The van der Waals surface area contributed by atoms with Crippen LogP contribution in [-0.2, 0) is 10.2 Å². The molecule has 0 aliphatic heterocycles. The lowest BCUT2D eigenvalue weighted by Crippen LogP contribution is -2.26. The van der Waals surface area contributed by atoms with Crippen molar-refractivity contribution in [2.24, 2.45) is 0 Å². The average molecular weight is 332 g/mol. The van der Waals surface area contributed by atoms with Gasteiger partial charge in [-0.1, -0.05) is 31.5 Å². The predicted octanol–water partition coefficient (Wildman–Crippen LogP) is 5.12. The minimum absolute atomic E-state index is 0.151. The topological polar surface area (TPSA) is 62.2 Å². The Morgan fingerprint density at radius 3 is 2.48 bits per heavy atom. The van der Waals surface area contributed by atoms with Gasteiger partial charge in [0.05, 0.1) is 5.69 Å². The Labute approximate surface area is 141 Å². The first-order chi connectivity index (χ1) is 11.0. The Bertz CT molecular complexity index is 645. The molecule has 1 aromatic carbocycles. The zero-order valence-corrected chi connectivity index (χ0v) is 14.7. The number of aryl methyl sites for hydroxylation is 1. The third-order valence-corrected chi connectivity index (χ3v) is 5.28. The third kappa shape index (κ3) is 4.32. The van der Waals surface area contributed by atoms with Crippen LogP contribution in [0.1, 0.15) is 50.8 Å². The molecule has 0 aliphatic rings. The van der Waals surface area contributed by atoms with Crippen LogP contribution >= 0.6 is 11.3 Å². The molecule has 0 unspecified atom stereocenters. The number of thiazole rings is 1. The maximum absolute atomic E-state index is 11.0. The number of carbonyl (C=O) groups is 1. The number of carboxylic acids is 1. The van der Waals surface area contributed by atoms with E-state index in [1.807, 2.05) is 12.1 Å². The molecule has 2 rings (SSSR count). The summed E-state index contributed by atoms with van der Waals surface area (Å²) in [6, 6.07) is 8.19. The predicted molar refractivity (Wildman–Crippen MR) is 95.7 cm³/mol. The lowest BCUT2D eigenvalue weighted by Gasteiger charge is -2.29. The van der Waals surface area contributed by atoms with Gasteiger partial charge in [-0.25, -0.2) is 4.98 Å². The second-order valence-electron chi connectivity index (χ2n) is 5.91. The molecule has 124 valence electrons. The van der Waals surface area contributed by atoms with Crippen LogP contribution in [0.4, 0.5) is 10.8 Å². The van der Waals surface area contributed by atoms with Gasteiger partial charge < -0.3 is 10.4 Å². The van der Waals surface area contributed by atoms with E-state index in [4.69, 9.17) is 10.1 Å². The highest BCUT2D eigenvalue weighted by molar-refractivity contribution is 7.13. The lowest BCUT2D eigenvalue weighted by molar-refractivity contribution is -0.137. The van der Waals surface area contributed by atoms with Gasteiger partial charge in [-0.2, -0.15) is 0 Å². The first-order valence-electron chi connectivity index (χ1n) is 8.00. The van der Waals surface area contributed by atoms with Crippen molar-refractivity contribution in [1.29, 1.82) is 0 Å². The highest BCUT2D eigenvalue weighted by Crippen LogP contribution is 2.38. The summed E-state index contributed by atoms with van der Waals surface area (Å²) in [6.45, 7) is 6.28. The number of benzene rings is 1. The van der Waals surface area contributed by atoms with E-state index < -0.39 is 5.97 Å². The molecule has 1 aromatic heterocycles. The molecule has 0 fully saturated rings. The van der Waals surface area contributed by atoms with Crippen LogP contribution in [0.2, 0.25) is 0 Å². The maximum atomic E-state index is 11.0. The summed E-state index contributed by atoms with van der Waals surface area (Å²) >= 11 is 1.57. The Morgan fingerprint density at radius 2 is 1.91 bits per heavy atom. The van der Waals surface area contributed by atoms with E-state index in [1.165, 1.54) is 5.56 Å². The third-order valence-electron chi connectivity index (χ3n) is 4.52. The number of hydrogen-bond acceptors (Lipinski definition) is 4. The van der Waals surface area contributed by atoms with E-state index in [-0.39, 0.29) is 11.8 Å². The summed E-state index contributed by atoms with van der Waals surface area (Å²) in [5.41, 5.74) is 3.09. The van der Waals surface area contributed by atoms with Crippen molar-refractivity contribution in [2.45, 2.75) is 51.9 Å². The number of rotatable bonds is 8. The van der Waals surface area contributed by atoms with Crippen LogP contribution in [0.5, 0.6) is 0 Å². The SMILES string of the molecule is CCC(CC)(CCC(=O)O)c1csc(Nc2ccc(C)cc2)n1. The van der Waals surface area contributed by atoms with Gasteiger partial charge in [0.1, 0.15) is 0 Å². The maximum Gasteiger partial charge on any atom is 0.303 e. The monoisotopic (exact) mass is 332 g/mol. The summed E-state index contributed by atoms with van der Waals surface area (Å²) in [5, 5.41) is 15.2. The number of hydrogen-bond donors (Lipinski definition) is 2. The van der Waals surface area contributed by atoms with Crippen LogP contribution in [0, 0.1) is 6.92 Å². The molecule has 4 nitrogen and oxygen atoms in total. The molecule has 0 amide bonds. The Kier molecular flexibility index (Phi) is 5.77. The molecule has 0 bridgehead atoms. The van der Waals surface area contributed by atoms with Gasteiger partial charge in [-0.3, -0.25) is 4.79 Å². The molecule has 1 heterocycles. The number of anilines is 2. The summed E-state index contributed by atoms with van der Waals surface area (Å²) in [4.78, 5) is 15.7. The second kappa shape index (κ2) is 7.59. The molecular formula is C18H24N2O2S. The highest BCUT2D eigenvalue weighted by Gasteiger charge is 2.31. The van der Waals surface area contributed by atoms with Crippen molar-refractivity contribution < 1.29 is 9.90 Å². The van der Waals surface area contributed by atoms with Crippen LogP contribution < -0.4 is 5.32 Å². The number of aliphatic carboxylic acids is 1. The van der Waals surface area contributed by atoms with E-state index in [1.54, 1.807) is 11.3 Å². The van der Waals surface area contributed by atoms with Gasteiger partial charge in [0.2, 0.25) is 0 Å². The summed E-state index contributed by atoms with van der Waals surface area (Å²) < 4.78 is 0. The normalized spacial score (nSPS) is 11.4.